The number of furan rings is 1. The topological polar surface area (TPSA) is 148 Å². The fourth-order valence-corrected chi connectivity index (χ4v) is 1.71. The van der Waals surface area contributed by atoms with E-state index in [2.05, 4.69) is 0 Å². The maximum Gasteiger partial charge on any atom is 0.371 e. The second-order valence-electron chi connectivity index (χ2n) is 4.16. The van der Waals surface area contributed by atoms with Gasteiger partial charge in [-0.1, -0.05) is 0 Å². The minimum Gasteiger partial charge on any atom is -0.475 e. The molecule has 0 fully saturated rings. The lowest BCUT2D eigenvalue weighted by molar-refractivity contribution is -0.386. The van der Waals surface area contributed by atoms with Crippen LogP contribution in [0.15, 0.2) is 26.3 Å². The molecule has 0 aromatic carbocycles. The number of carbonyl (C=O) groups is 1. The van der Waals surface area contributed by atoms with Gasteiger partial charge in [0.25, 0.3) is 0 Å². The van der Waals surface area contributed by atoms with Crippen molar-refractivity contribution in [2.24, 2.45) is 0 Å². The number of H-pyrrole nitrogens is 1. The number of aromatic amines is 1. The first-order chi connectivity index (χ1) is 9.79. The van der Waals surface area contributed by atoms with E-state index >= 15 is 0 Å². The SMILES string of the molecule is Cc1oc(C(=O)O)cc1Cn1cc([N+](=O)[O-])c(=O)[nH]c1=O. The second-order valence-corrected chi connectivity index (χ2v) is 4.16. The van der Waals surface area contributed by atoms with E-state index in [-0.39, 0.29) is 18.1 Å². The molecule has 0 unspecified atom stereocenters. The summed E-state index contributed by atoms with van der Waals surface area (Å²) in [5.41, 5.74) is -2.37. The van der Waals surface area contributed by atoms with Crippen LogP contribution in [0.2, 0.25) is 0 Å². The van der Waals surface area contributed by atoms with Crippen molar-refractivity contribution in [2.75, 3.05) is 0 Å². The first kappa shape index (κ1) is 14.2. The normalized spacial score (nSPS) is 10.5. The number of nitrogens with one attached hydrogen (secondary N) is 1. The molecular formula is C11H9N3O7. The van der Waals surface area contributed by atoms with Gasteiger partial charge in [-0.2, -0.15) is 0 Å². The number of aromatic carboxylic acids is 1. The summed E-state index contributed by atoms with van der Waals surface area (Å²) in [5.74, 6) is -1.33. The van der Waals surface area contributed by atoms with Crippen LogP contribution in [-0.2, 0) is 6.54 Å². The molecule has 21 heavy (non-hydrogen) atoms. The molecule has 0 saturated heterocycles. The number of rotatable bonds is 4. The molecule has 0 amide bonds. The molecule has 0 spiro atoms. The maximum absolute atomic E-state index is 11.6. The van der Waals surface area contributed by atoms with Crippen molar-refractivity contribution in [1.82, 2.24) is 9.55 Å². The van der Waals surface area contributed by atoms with Crippen LogP contribution in [0.5, 0.6) is 0 Å². The van der Waals surface area contributed by atoms with Gasteiger partial charge in [0, 0.05) is 5.56 Å². The summed E-state index contributed by atoms with van der Waals surface area (Å²) in [6.07, 6.45) is 0.800. The van der Waals surface area contributed by atoms with E-state index in [1.807, 2.05) is 4.98 Å². The van der Waals surface area contributed by atoms with Crippen molar-refractivity contribution in [1.29, 1.82) is 0 Å². The van der Waals surface area contributed by atoms with Crippen molar-refractivity contribution in [3.05, 3.63) is 60.3 Å². The number of aryl methyl sites for hydroxylation is 1. The Balaban J connectivity index is 2.47. The Kier molecular flexibility index (Phi) is 3.44. The molecule has 0 saturated carbocycles. The molecule has 2 aromatic rings. The molecule has 0 bridgehead atoms. The van der Waals surface area contributed by atoms with Gasteiger partial charge in [0.15, 0.2) is 0 Å². The smallest absolute Gasteiger partial charge is 0.371 e. The zero-order valence-electron chi connectivity index (χ0n) is 10.7. The molecule has 110 valence electrons. The molecule has 0 atom stereocenters. The molecule has 0 aliphatic rings. The lowest BCUT2D eigenvalue weighted by atomic mass is 10.2. The molecular weight excluding hydrogens is 286 g/mol. The maximum atomic E-state index is 11.6. The molecule has 2 heterocycles. The molecule has 10 heteroatoms. The van der Waals surface area contributed by atoms with Crippen LogP contribution >= 0.6 is 0 Å². The predicted octanol–water partition coefficient (Wildman–Crippen LogP) is 0.0927. The number of aromatic nitrogens is 2. The quantitative estimate of drug-likeness (QED) is 0.599. The van der Waals surface area contributed by atoms with E-state index in [0.717, 1.165) is 10.8 Å². The van der Waals surface area contributed by atoms with E-state index in [1.54, 1.807) is 0 Å². The van der Waals surface area contributed by atoms with Gasteiger partial charge < -0.3 is 9.52 Å². The lowest BCUT2D eigenvalue weighted by Crippen LogP contribution is -2.31. The zero-order chi connectivity index (χ0) is 15.7. The Morgan fingerprint density at radius 3 is 2.71 bits per heavy atom. The Morgan fingerprint density at radius 1 is 1.52 bits per heavy atom. The molecule has 2 N–H and O–H groups in total. The van der Waals surface area contributed by atoms with Crippen LogP contribution in [0.4, 0.5) is 5.69 Å². The highest BCUT2D eigenvalue weighted by Crippen LogP contribution is 2.15. The van der Waals surface area contributed by atoms with Crippen molar-refractivity contribution in [3.8, 4) is 0 Å². The number of carboxylic acids is 1. The van der Waals surface area contributed by atoms with Crippen LogP contribution in [-0.4, -0.2) is 25.6 Å². The zero-order valence-corrected chi connectivity index (χ0v) is 10.7. The van der Waals surface area contributed by atoms with Crippen LogP contribution in [0.25, 0.3) is 0 Å². The molecule has 0 aliphatic heterocycles. The van der Waals surface area contributed by atoms with Gasteiger partial charge in [0.2, 0.25) is 5.76 Å². The Morgan fingerprint density at radius 2 is 2.19 bits per heavy atom. The second kappa shape index (κ2) is 5.07. The fraction of sp³-hybridized carbons (Fsp3) is 0.182. The minimum absolute atomic E-state index is 0.168. The van der Waals surface area contributed by atoms with Crippen molar-refractivity contribution < 1.29 is 19.2 Å². The van der Waals surface area contributed by atoms with E-state index < -0.39 is 27.8 Å². The molecule has 0 aliphatic carbocycles. The number of nitrogens with zero attached hydrogens (tertiary/aromatic N) is 2. The first-order valence-electron chi connectivity index (χ1n) is 5.60. The number of nitro groups is 1. The monoisotopic (exact) mass is 295 g/mol. The van der Waals surface area contributed by atoms with Crippen LogP contribution in [0.3, 0.4) is 0 Å². The van der Waals surface area contributed by atoms with Crippen LogP contribution < -0.4 is 11.2 Å². The Labute approximate surface area is 115 Å². The van der Waals surface area contributed by atoms with E-state index in [9.17, 15) is 24.5 Å². The Bertz CT molecular complexity index is 842. The summed E-state index contributed by atoms with van der Waals surface area (Å²) in [4.78, 5) is 45.2. The first-order valence-corrected chi connectivity index (χ1v) is 5.60. The lowest BCUT2D eigenvalue weighted by Gasteiger charge is -2.03. The summed E-state index contributed by atoms with van der Waals surface area (Å²) in [6.45, 7) is 1.33. The van der Waals surface area contributed by atoms with Crippen molar-refractivity contribution in [3.63, 3.8) is 0 Å². The third-order valence-electron chi connectivity index (χ3n) is 2.76. The highest BCUT2D eigenvalue weighted by Gasteiger charge is 2.17. The number of carboxylic acid groups (broad SMARTS) is 1. The largest absolute Gasteiger partial charge is 0.475 e. The van der Waals surface area contributed by atoms with Gasteiger partial charge in [-0.15, -0.1) is 0 Å². The highest BCUT2D eigenvalue weighted by atomic mass is 16.6. The van der Waals surface area contributed by atoms with Gasteiger partial charge in [0.1, 0.15) is 5.76 Å². The van der Waals surface area contributed by atoms with E-state index in [0.29, 0.717) is 5.56 Å². The summed E-state index contributed by atoms with van der Waals surface area (Å²) in [5, 5.41) is 19.5. The number of hydrogen-bond acceptors (Lipinski definition) is 6. The van der Waals surface area contributed by atoms with Gasteiger partial charge in [-0.3, -0.25) is 24.5 Å². The highest BCUT2D eigenvalue weighted by molar-refractivity contribution is 5.84. The molecule has 2 aromatic heterocycles. The summed E-state index contributed by atoms with van der Waals surface area (Å²) in [6, 6.07) is 1.21. The fourth-order valence-electron chi connectivity index (χ4n) is 1.71. The third-order valence-corrected chi connectivity index (χ3v) is 2.76. The standard InChI is InChI=1S/C11H9N3O7/c1-5-6(2-8(21-5)10(16)17)3-13-4-7(14(19)20)9(15)12-11(13)18/h2,4H,3H2,1H3,(H,16,17)(H,12,15,18). The predicted molar refractivity (Wildman–Crippen MR) is 67.5 cm³/mol. The summed E-state index contributed by atoms with van der Waals surface area (Å²) >= 11 is 0. The average Bonchev–Trinajstić information content (AvgIpc) is 2.74. The molecule has 0 radical (unpaired) electrons. The van der Waals surface area contributed by atoms with Crippen molar-refractivity contribution >= 4 is 11.7 Å². The van der Waals surface area contributed by atoms with Crippen LogP contribution in [0.1, 0.15) is 21.9 Å². The third kappa shape index (κ3) is 2.73. The van der Waals surface area contributed by atoms with Gasteiger partial charge in [0.05, 0.1) is 17.7 Å². The number of hydrogen-bond donors (Lipinski definition) is 2. The van der Waals surface area contributed by atoms with E-state index in [4.69, 9.17) is 9.52 Å². The summed E-state index contributed by atoms with van der Waals surface area (Å²) in [7, 11) is 0. The summed E-state index contributed by atoms with van der Waals surface area (Å²) < 4.78 is 5.86. The minimum atomic E-state index is -1.27. The average molecular weight is 295 g/mol. The van der Waals surface area contributed by atoms with E-state index in [1.165, 1.54) is 13.0 Å². The van der Waals surface area contributed by atoms with Crippen LogP contribution in [0, 0.1) is 17.0 Å². The molecule has 2 rings (SSSR count). The van der Waals surface area contributed by atoms with Gasteiger partial charge in [-0.05, 0) is 13.0 Å². The van der Waals surface area contributed by atoms with Crippen molar-refractivity contribution in [2.45, 2.75) is 13.5 Å². The molecule has 10 nitrogen and oxygen atoms in total. The van der Waals surface area contributed by atoms with Gasteiger partial charge in [-0.25, -0.2) is 9.59 Å². The Hall–Kier alpha value is -3.17. The van der Waals surface area contributed by atoms with Gasteiger partial charge >= 0.3 is 22.9 Å².